The summed E-state index contributed by atoms with van der Waals surface area (Å²) in [5.74, 6) is 0.0534. The van der Waals surface area contributed by atoms with Crippen molar-refractivity contribution < 1.29 is 4.79 Å². The largest absolute Gasteiger partial charge is 0.291 e. The number of aromatic nitrogens is 1. The maximum absolute atomic E-state index is 12.6. The van der Waals surface area contributed by atoms with E-state index in [2.05, 4.69) is 0 Å². The smallest absolute Gasteiger partial charge is 0.190 e. The summed E-state index contributed by atoms with van der Waals surface area (Å²) >= 11 is 0. The van der Waals surface area contributed by atoms with E-state index in [4.69, 9.17) is 9.98 Å². The van der Waals surface area contributed by atoms with Gasteiger partial charge in [-0.15, -0.1) is 0 Å². The molecule has 23 heavy (non-hydrogen) atoms. The third kappa shape index (κ3) is 2.16. The number of carbonyl (C=O) groups is 1. The van der Waals surface area contributed by atoms with Gasteiger partial charge in [-0.2, -0.15) is 0 Å². The second-order valence-electron chi connectivity index (χ2n) is 6.28. The Morgan fingerprint density at radius 1 is 0.826 bits per heavy atom. The first kappa shape index (κ1) is 13.8. The summed E-state index contributed by atoms with van der Waals surface area (Å²) in [5, 5.41) is 1.09. The molecule has 3 heteroatoms. The molecule has 0 amide bonds. The average Bonchev–Trinajstić information content (AvgIpc) is 2.58. The summed E-state index contributed by atoms with van der Waals surface area (Å²) in [5.41, 5.74) is 3.33. The van der Waals surface area contributed by atoms with E-state index < -0.39 is 5.54 Å². The number of hydrogen-bond acceptors (Lipinski definition) is 3. The summed E-state index contributed by atoms with van der Waals surface area (Å²) in [6, 6.07) is 19.7. The lowest BCUT2D eigenvalue weighted by molar-refractivity contribution is 0.0912. The second-order valence-corrected chi connectivity index (χ2v) is 6.28. The van der Waals surface area contributed by atoms with E-state index in [1.54, 1.807) is 0 Å². The van der Waals surface area contributed by atoms with Crippen molar-refractivity contribution in [3.05, 3.63) is 77.5 Å². The van der Waals surface area contributed by atoms with Crippen LogP contribution in [0.25, 0.3) is 10.9 Å². The van der Waals surface area contributed by atoms with Gasteiger partial charge in [0.15, 0.2) is 5.78 Å². The van der Waals surface area contributed by atoms with E-state index in [1.807, 2.05) is 74.5 Å². The van der Waals surface area contributed by atoms with Crippen LogP contribution in [0.5, 0.6) is 0 Å². The first-order chi connectivity index (χ1) is 11.1. The van der Waals surface area contributed by atoms with E-state index in [0.29, 0.717) is 0 Å². The zero-order valence-electron chi connectivity index (χ0n) is 13.1. The van der Waals surface area contributed by atoms with Gasteiger partial charge in [-0.3, -0.25) is 9.79 Å². The number of rotatable bonds is 1. The standard InChI is InChI=1S/C20H16N2O/c1-20(2)19(23)15-9-5-4-8-14(15)18(22-20)17-12-11-13-7-3-6-10-16(13)21-17/h3-12H,1-2H3. The first-order valence-electron chi connectivity index (χ1n) is 7.66. The van der Waals surface area contributed by atoms with Gasteiger partial charge in [0.2, 0.25) is 0 Å². The van der Waals surface area contributed by atoms with Gasteiger partial charge in [0.1, 0.15) is 5.54 Å². The van der Waals surface area contributed by atoms with Gasteiger partial charge in [-0.05, 0) is 26.0 Å². The van der Waals surface area contributed by atoms with Crippen molar-refractivity contribution in [2.75, 3.05) is 0 Å². The molecule has 0 atom stereocenters. The highest BCUT2D eigenvalue weighted by molar-refractivity contribution is 6.23. The highest BCUT2D eigenvalue weighted by Crippen LogP contribution is 2.29. The Bertz CT molecular complexity index is 970. The molecule has 0 bridgehead atoms. The zero-order chi connectivity index (χ0) is 16.0. The van der Waals surface area contributed by atoms with Crippen molar-refractivity contribution in [2.24, 2.45) is 4.99 Å². The Kier molecular flexibility index (Phi) is 2.91. The molecule has 0 spiro atoms. The van der Waals surface area contributed by atoms with E-state index in [-0.39, 0.29) is 5.78 Å². The van der Waals surface area contributed by atoms with E-state index in [1.165, 1.54) is 0 Å². The number of benzene rings is 2. The Morgan fingerprint density at radius 2 is 1.52 bits per heavy atom. The van der Waals surface area contributed by atoms with Crippen LogP contribution < -0.4 is 0 Å². The van der Waals surface area contributed by atoms with Crippen LogP contribution in [0, 0.1) is 0 Å². The molecule has 0 saturated heterocycles. The topological polar surface area (TPSA) is 42.3 Å². The molecule has 0 unspecified atom stereocenters. The molecule has 1 aromatic heterocycles. The Hall–Kier alpha value is -2.81. The van der Waals surface area contributed by atoms with Gasteiger partial charge < -0.3 is 0 Å². The Labute approximate surface area is 134 Å². The van der Waals surface area contributed by atoms with E-state index >= 15 is 0 Å². The van der Waals surface area contributed by atoms with Crippen LogP contribution in [-0.4, -0.2) is 22.0 Å². The maximum Gasteiger partial charge on any atom is 0.190 e. The molecule has 0 radical (unpaired) electrons. The molecular formula is C20H16N2O. The number of ketones is 1. The van der Waals surface area contributed by atoms with Crippen LogP contribution in [-0.2, 0) is 0 Å². The highest BCUT2D eigenvalue weighted by atomic mass is 16.1. The van der Waals surface area contributed by atoms with Crippen LogP contribution in [0.3, 0.4) is 0 Å². The van der Waals surface area contributed by atoms with Gasteiger partial charge in [-0.1, -0.05) is 48.5 Å². The molecule has 3 aromatic rings. The van der Waals surface area contributed by atoms with Crippen LogP contribution in [0.15, 0.2) is 65.7 Å². The molecule has 112 valence electrons. The number of Topliss-reactive ketones (excluding diaryl/α,β-unsaturated/α-hetero) is 1. The minimum atomic E-state index is -0.767. The third-order valence-electron chi connectivity index (χ3n) is 4.21. The lowest BCUT2D eigenvalue weighted by Gasteiger charge is -2.27. The fourth-order valence-electron chi connectivity index (χ4n) is 3.00. The monoisotopic (exact) mass is 300 g/mol. The van der Waals surface area contributed by atoms with Crippen molar-refractivity contribution in [2.45, 2.75) is 19.4 Å². The fraction of sp³-hybridized carbons (Fsp3) is 0.150. The van der Waals surface area contributed by atoms with Crippen molar-refractivity contribution in [1.29, 1.82) is 0 Å². The molecule has 2 heterocycles. The molecule has 0 N–H and O–H groups in total. The number of nitrogens with zero attached hydrogens (tertiary/aromatic N) is 2. The minimum absolute atomic E-state index is 0.0534. The number of hydrogen-bond donors (Lipinski definition) is 0. The molecule has 0 saturated carbocycles. The van der Waals surface area contributed by atoms with Crippen molar-refractivity contribution >= 4 is 22.4 Å². The third-order valence-corrected chi connectivity index (χ3v) is 4.21. The van der Waals surface area contributed by atoms with Gasteiger partial charge in [0, 0.05) is 16.5 Å². The van der Waals surface area contributed by atoms with Gasteiger partial charge in [0.25, 0.3) is 0 Å². The van der Waals surface area contributed by atoms with Crippen molar-refractivity contribution in [3.63, 3.8) is 0 Å². The number of carbonyl (C=O) groups excluding carboxylic acids is 1. The zero-order valence-corrected chi connectivity index (χ0v) is 13.1. The normalized spacial score (nSPS) is 16.1. The molecule has 1 aliphatic heterocycles. The van der Waals surface area contributed by atoms with Gasteiger partial charge in [-0.25, -0.2) is 4.98 Å². The quantitative estimate of drug-likeness (QED) is 0.680. The molecular weight excluding hydrogens is 284 g/mol. The van der Waals surface area contributed by atoms with Gasteiger partial charge in [0.05, 0.1) is 16.9 Å². The number of para-hydroxylation sites is 1. The predicted molar refractivity (Wildman–Crippen MR) is 92.2 cm³/mol. The maximum atomic E-state index is 12.6. The van der Waals surface area contributed by atoms with Crippen LogP contribution >= 0.6 is 0 Å². The molecule has 3 nitrogen and oxygen atoms in total. The minimum Gasteiger partial charge on any atom is -0.291 e. The van der Waals surface area contributed by atoms with E-state index in [9.17, 15) is 4.79 Å². The summed E-state index contributed by atoms with van der Waals surface area (Å²) < 4.78 is 0. The van der Waals surface area contributed by atoms with Crippen molar-refractivity contribution in [1.82, 2.24) is 4.98 Å². The number of aliphatic imine (C=N–C) groups is 1. The number of fused-ring (bicyclic) bond motifs is 2. The molecule has 4 rings (SSSR count). The first-order valence-corrected chi connectivity index (χ1v) is 7.66. The molecule has 1 aliphatic rings. The molecule has 0 fully saturated rings. The summed E-state index contributed by atoms with van der Waals surface area (Å²) in [6.45, 7) is 3.71. The predicted octanol–water partition coefficient (Wildman–Crippen LogP) is 4.05. The second kappa shape index (κ2) is 4.85. The highest BCUT2D eigenvalue weighted by Gasteiger charge is 2.35. The SMILES string of the molecule is CC1(C)N=C(c2ccc3ccccc3n2)c2ccccc2C1=O. The Balaban J connectivity index is 1.97. The van der Waals surface area contributed by atoms with Crippen LogP contribution in [0.4, 0.5) is 0 Å². The van der Waals surface area contributed by atoms with Gasteiger partial charge >= 0.3 is 0 Å². The van der Waals surface area contributed by atoms with Crippen LogP contribution in [0.2, 0.25) is 0 Å². The average molecular weight is 300 g/mol. The summed E-state index contributed by atoms with van der Waals surface area (Å²) in [6.07, 6.45) is 0. The summed E-state index contributed by atoms with van der Waals surface area (Å²) in [4.78, 5) is 22.1. The van der Waals surface area contributed by atoms with Crippen molar-refractivity contribution in [3.8, 4) is 0 Å². The lowest BCUT2D eigenvalue weighted by Crippen LogP contribution is -2.36. The molecule has 0 aliphatic carbocycles. The fourth-order valence-corrected chi connectivity index (χ4v) is 3.00. The molecule has 2 aromatic carbocycles. The van der Waals surface area contributed by atoms with Crippen LogP contribution in [0.1, 0.15) is 35.5 Å². The van der Waals surface area contributed by atoms with E-state index in [0.717, 1.165) is 33.4 Å². The summed E-state index contributed by atoms with van der Waals surface area (Å²) in [7, 11) is 0. The Morgan fingerprint density at radius 3 is 2.35 bits per heavy atom. The number of pyridine rings is 1. The lowest BCUT2D eigenvalue weighted by atomic mass is 9.84.